The van der Waals surface area contributed by atoms with Crippen molar-refractivity contribution < 1.29 is 4.42 Å². The summed E-state index contributed by atoms with van der Waals surface area (Å²) >= 11 is 0. The minimum absolute atomic E-state index is 0.302. The van der Waals surface area contributed by atoms with Gasteiger partial charge in [0, 0.05) is 12.6 Å². The number of fused-ring (bicyclic) bond motifs is 1. The zero-order chi connectivity index (χ0) is 14.8. The number of nitrogens with zero attached hydrogens (tertiary/aromatic N) is 1. The summed E-state index contributed by atoms with van der Waals surface area (Å²) < 4.78 is 5.51. The van der Waals surface area contributed by atoms with Crippen molar-refractivity contribution in [2.75, 3.05) is 5.32 Å². The minimum atomic E-state index is 0.302. The first-order valence-corrected chi connectivity index (χ1v) is 7.36. The number of benzene rings is 2. The van der Waals surface area contributed by atoms with Crippen LogP contribution >= 0.6 is 0 Å². The molecule has 0 saturated carbocycles. The predicted molar refractivity (Wildman–Crippen MR) is 86.6 cm³/mol. The fraction of sp³-hybridized carbons (Fsp3) is 0.278. The van der Waals surface area contributed by atoms with E-state index in [2.05, 4.69) is 48.4 Å². The van der Waals surface area contributed by atoms with Gasteiger partial charge in [-0.15, -0.1) is 0 Å². The van der Waals surface area contributed by atoms with Gasteiger partial charge < -0.3 is 9.73 Å². The van der Waals surface area contributed by atoms with Crippen LogP contribution in [-0.2, 0) is 0 Å². The number of anilines is 1. The molecule has 1 unspecified atom stereocenters. The molecule has 3 nitrogen and oxygen atoms in total. The second-order valence-electron chi connectivity index (χ2n) is 5.43. The average Bonchev–Trinajstić information content (AvgIpc) is 2.85. The van der Waals surface area contributed by atoms with E-state index in [0.717, 1.165) is 23.2 Å². The van der Waals surface area contributed by atoms with Crippen LogP contribution in [0.2, 0.25) is 0 Å². The van der Waals surface area contributed by atoms with Gasteiger partial charge in [0.05, 0.1) is 6.04 Å². The Morgan fingerprint density at radius 2 is 1.86 bits per heavy atom. The maximum Gasteiger partial charge on any atom is 0.192 e. The van der Waals surface area contributed by atoms with Crippen molar-refractivity contribution in [3.63, 3.8) is 0 Å². The molecule has 1 atom stereocenters. The Labute approximate surface area is 125 Å². The highest BCUT2D eigenvalue weighted by atomic mass is 16.3. The number of hydrogen-bond donors (Lipinski definition) is 1. The largest absolute Gasteiger partial charge is 0.441 e. The molecule has 0 amide bonds. The number of oxazole rings is 1. The Morgan fingerprint density at radius 3 is 2.57 bits per heavy atom. The Kier molecular flexibility index (Phi) is 3.65. The van der Waals surface area contributed by atoms with Gasteiger partial charge in [-0.05, 0) is 37.1 Å². The Hall–Kier alpha value is -2.29. The Morgan fingerprint density at radius 1 is 1.10 bits per heavy atom. The van der Waals surface area contributed by atoms with E-state index in [1.807, 2.05) is 25.1 Å². The fourth-order valence-electron chi connectivity index (χ4n) is 2.55. The second kappa shape index (κ2) is 5.60. The third kappa shape index (κ3) is 2.92. The highest BCUT2D eigenvalue weighted by molar-refractivity contribution is 5.77. The van der Waals surface area contributed by atoms with Gasteiger partial charge in [0.25, 0.3) is 0 Å². The monoisotopic (exact) mass is 280 g/mol. The summed E-state index contributed by atoms with van der Waals surface area (Å²) in [6.07, 6.45) is 1.03. The molecule has 3 rings (SSSR count). The fourth-order valence-corrected chi connectivity index (χ4v) is 2.55. The van der Waals surface area contributed by atoms with Crippen LogP contribution in [0.3, 0.4) is 0 Å². The van der Waals surface area contributed by atoms with Gasteiger partial charge in [0.2, 0.25) is 0 Å². The highest BCUT2D eigenvalue weighted by Crippen LogP contribution is 2.25. The molecule has 0 saturated heterocycles. The first-order chi connectivity index (χ1) is 10.2. The van der Waals surface area contributed by atoms with Crippen LogP contribution in [0.5, 0.6) is 0 Å². The van der Waals surface area contributed by atoms with Gasteiger partial charge in [-0.3, -0.25) is 0 Å². The lowest BCUT2D eigenvalue weighted by molar-refractivity contribution is 0.561. The van der Waals surface area contributed by atoms with Gasteiger partial charge >= 0.3 is 0 Å². The zero-order valence-corrected chi connectivity index (χ0v) is 12.7. The summed E-state index contributed by atoms with van der Waals surface area (Å²) in [5, 5.41) is 3.58. The van der Waals surface area contributed by atoms with Crippen LogP contribution in [0.25, 0.3) is 11.1 Å². The number of rotatable bonds is 4. The van der Waals surface area contributed by atoms with Crippen LogP contribution in [-0.4, -0.2) is 4.98 Å². The van der Waals surface area contributed by atoms with E-state index in [9.17, 15) is 0 Å². The molecule has 108 valence electrons. The first-order valence-electron chi connectivity index (χ1n) is 7.36. The lowest BCUT2D eigenvalue weighted by Gasteiger charge is -2.19. The summed E-state index contributed by atoms with van der Waals surface area (Å²) in [5.41, 5.74) is 5.40. The number of aryl methyl sites for hydroxylation is 2. The van der Waals surface area contributed by atoms with E-state index >= 15 is 0 Å². The summed E-state index contributed by atoms with van der Waals surface area (Å²) in [5.74, 6) is 0.702. The van der Waals surface area contributed by atoms with E-state index in [1.54, 1.807) is 0 Å². The molecule has 0 fully saturated rings. The zero-order valence-electron chi connectivity index (χ0n) is 12.7. The van der Waals surface area contributed by atoms with Crippen LogP contribution in [0.1, 0.15) is 36.4 Å². The SMILES string of the molecule is CCC(Nc1ccc2oc(C)nc2c1)c1ccc(C)cc1. The summed E-state index contributed by atoms with van der Waals surface area (Å²) in [4.78, 5) is 4.38. The van der Waals surface area contributed by atoms with Gasteiger partial charge in [-0.1, -0.05) is 36.8 Å². The van der Waals surface area contributed by atoms with Crippen molar-refractivity contribution in [2.45, 2.75) is 33.2 Å². The van der Waals surface area contributed by atoms with Crippen molar-refractivity contribution in [2.24, 2.45) is 0 Å². The lowest BCUT2D eigenvalue weighted by atomic mass is 10.0. The molecule has 1 heterocycles. The van der Waals surface area contributed by atoms with Gasteiger partial charge in [-0.2, -0.15) is 0 Å². The van der Waals surface area contributed by atoms with Crippen molar-refractivity contribution in [3.05, 3.63) is 59.5 Å². The van der Waals surface area contributed by atoms with Crippen LogP contribution in [0.4, 0.5) is 5.69 Å². The van der Waals surface area contributed by atoms with Gasteiger partial charge in [0.1, 0.15) is 5.52 Å². The highest BCUT2D eigenvalue weighted by Gasteiger charge is 2.10. The van der Waals surface area contributed by atoms with E-state index in [0.29, 0.717) is 11.9 Å². The van der Waals surface area contributed by atoms with E-state index in [4.69, 9.17) is 4.42 Å². The molecule has 0 aliphatic carbocycles. The Bertz CT molecular complexity index is 744. The molecule has 0 radical (unpaired) electrons. The predicted octanol–water partition coefficient (Wildman–Crippen LogP) is 5.01. The minimum Gasteiger partial charge on any atom is -0.441 e. The molecule has 3 heteroatoms. The molecular weight excluding hydrogens is 260 g/mol. The molecule has 0 aliphatic heterocycles. The van der Waals surface area contributed by atoms with Crippen molar-refractivity contribution in [3.8, 4) is 0 Å². The summed E-state index contributed by atoms with van der Waals surface area (Å²) in [6, 6.07) is 15.1. The maximum absolute atomic E-state index is 5.51. The van der Waals surface area contributed by atoms with Crippen LogP contribution in [0, 0.1) is 13.8 Å². The molecule has 3 aromatic rings. The molecule has 2 aromatic carbocycles. The molecule has 21 heavy (non-hydrogen) atoms. The van der Waals surface area contributed by atoms with E-state index in [1.165, 1.54) is 11.1 Å². The summed E-state index contributed by atoms with van der Waals surface area (Å²) in [6.45, 7) is 6.17. The normalized spacial score (nSPS) is 12.5. The average molecular weight is 280 g/mol. The topological polar surface area (TPSA) is 38.1 Å². The van der Waals surface area contributed by atoms with Crippen LogP contribution < -0.4 is 5.32 Å². The quantitative estimate of drug-likeness (QED) is 0.730. The lowest BCUT2D eigenvalue weighted by Crippen LogP contribution is -2.09. The molecule has 0 spiro atoms. The maximum atomic E-state index is 5.51. The van der Waals surface area contributed by atoms with Gasteiger partial charge in [-0.25, -0.2) is 4.98 Å². The Balaban J connectivity index is 1.86. The smallest absolute Gasteiger partial charge is 0.192 e. The molecule has 1 aromatic heterocycles. The third-order valence-corrected chi connectivity index (χ3v) is 3.72. The van der Waals surface area contributed by atoms with Crippen LogP contribution in [0.15, 0.2) is 46.9 Å². The number of nitrogens with one attached hydrogen (secondary N) is 1. The molecular formula is C18H20N2O. The molecule has 0 aliphatic rings. The summed E-state index contributed by atoms with van der Waals surface area (Å²) in [7, 11) is 0. The van der Waals surface area contributed by atoms with E-state index in [-0.39, 0.29) is 0 Å². The van der Waals surface area contributed by atoms with Crippen molar-refractivity contribution in [1.82, 2.24) is 4.98 Å². The number of aromatic nitrogens is 1. The standard InChI is InChI=1S/C18H20N2O/c1-4-16(14-7-5-12(2)6-8-14)20-15-9-10-18-17(11-15)19-13(3)21-18/h5-11,16,20H,4H2,1-3H3. The number of hydrogen-bond acceptors (Lipinski definition) is 3. The van der Waals surface area contributed by atoms with Crippen molar-refractivity contribution >= 4 is 16.8 Å². The van der Waals surface area contributed by atoms with Gasteiger partial charge in [0.15, 0.2) is 11.5 Å². The van der Waals surface area contributed by atoms with E-state index < -0.39 is 0 Å². The first kappa shape index (κ1) is 13.7. The van der Waals surface area contributed by atoms with Crippen molar-refractivity contribution in [1.29, 1.82) is 0 Å². The molecule has 1 N–H and O–H groups in total. The molecule has 0 bridgehead atoms. The third-order valence-electron chi connectivity index (χ3n) is 3.72. The second-order valence-corrected chi connectivity index (χ2v) is 5.43.